The minimum atomic E-state index is -1.71. The molecule has 240 valence electrons. The van der Waals surface area contributed by atoms with Crippen molar-refractivity contribution in [2.24, 2.45) is 11.3 Å². The first-order chi connectivity index (χ1) is 21.2. The normalized spacial score (nSPS) is 33.1. The van der Waals surface area contributed by atoms with Crippen molar-refractivity contribution < 1.29 is 48.0 Å². The Labute approximate surface area is 262 Å². The lowest BCUT2D eigenvalue weighted by atomic mass is 9.47. The van der Waals surface area contributed by atoms with Crippen LogP contribution >= 0.6 is 0 Å². The fraction of sp³-hybridized carbons (Fsp3) is 0.486. The molecule has 10 nitrogen and oxygen atoms in total. The maximum Gasteiger partial charge on any atom is 0.338 e. The standard InChI is InChI=1S/C35H40O10/c1-22(36)41-21-34-28(43-29(38)17-16-24-12-8-6-9-13-24)18-26-19-35(34,45-32(26,3)4)33(5,40)20-27(42-23(2)37)30(34)44-31(39)25-14-10-7-11-15-25/h6-17,26-28,30,40H,18-21H2,1-5H3/b17-16-/t26-,27+,28+,30+,33-,34-,35+/m1/s1. The highest BCUT2D eigenvalue weighted by Gasteiger charge is 2.81. The molecule has 0 radical (unpaired) electrons. The van der Waals surface area contributed by atoms with Gasteiger partial charge < -0.3 is 28.8 Å². The molecule has 2 aromatic rings. The summed E-state index contributed by atoms with van der Waals surface area (Å²) in [5.41, 5.74) is -4.75. The van der Waals surface area contributed by atoms with Crippen LogP contribution in [0.25, 0.3) is 6.08 Å². The molecule has 1 spiro atoms. The van der Waals surface area contributed by atoms with Crippen LogP contribution in [-0.4, -0.2) is 70.7 Å². The molecule has 1 saturated heterocycles. The van der Waals surface area contributed by atoms with Crippen LogP contribution in [0.15, 0.2) is 66.7 Å². The molecule has 45 heavy (non-hydrogen) atoms. The Morgan fingerprint density at radius 3 is 2.16 bits per heavy atom. The molecule has 0 aromatic heterocycles. The molecule has 0 unspecified atom stereocenters. The largest absolute Gasteiger partial charge is 0.465 e. The highest BCUT2D eigenvalue weighted by molar-refractivity contribution is 5.89. The number of hydrogen-bond acceptors (Lipinski definition) is 10. The zero-order valence-electron chi connectivity index (χ0n) is 26.2. The van der Waals surface area contributed by atoms with Crippen molar-refractivity contribution >= 4 is 30.0 Å². The van der Waals surface area contributed by atoms with Gasteiger partial charge in [-0.05, 0) is 63.3 Å². The van der Waals surface area contributed by atoms with E-state index in [-0.39, 0.29) is 30.7 Å². The first-order valence-electron chi connectivity index (χ1n) is 15.1. The molecule has 5 rings (SSSR count). The average Bonchev–Trinajstić information content (AvgIpc) is 3.22. The predicted octanol–water partition coefficient (Wildman–Crippen LogP) is 4.43. The van der Waals surface area contributed by atoms with E-state index in [0.29, 0.717) is 0 Å². The van der Waals surface area contributed by atoms with Gasteiger partial charge in [0.25, 0.3) is 0 Å². The SMILES string of the molecule is CC(=O)OC[C@]12[C@@H](OC(=O)/C=C\c3ccccc3)C[C@@H]3C[C@]1(OC3(C)C)[C@](C)(O)C[C@H](OC(C)=O)[C@@H]2OC(=O)c1ccccc1. The number of fused-ring (bicyclic) bond motifs is 1. The van der Waals surface area contributed by atoms with Gasteiger partial charge in [0.1, 0.15) is 29.8 Å². The number of rotatable bonds is 8. The third-order valence-corrected chi connectivity index (χ3v) is 9.64. The van der Waals surface area contributed by atoms with Crippen LogP contribution in [0, 0.1) is 11.3 Å². The first kappa shape index (κ1) is 32.4. The van der Waals surface area contributed by atoms with Gasteiger partial charge in [-0.25, -0.2) is 9.59 Å². The molecule has 2 bridgehead atoms. The fourth-order valence-electron chi connectivity index (χ4n) is 7.62. The number of aliphatic hydroxyl groups is 1. The van der Waals surface area contributed by atoms with E-state index in [1.54, 1.807) is 43.3 Å². The molecule has 1 aliphatic heterocycles. The molecule has 0 amide bonds. The van der Waals surface area contributed by atoms with Crippen molar-refractivity contribution in [3.63, 3.8) is 0 Å². The summed E-state index contributed by atoms with van der Waals surface area (Å²) < 4.78 is 30.7. The lowest BCUT2D eigenvalue weighted by molar-refractivity contribution is -0.336. The molecule has 2 aliphatic carbocycles. The summed E-state index contributed by atoms with van der Waals surface area (Å²) in [5, 5.41) is 12.3. The smallest absolute Gasteiger partial charge is 0.338 e. The van der Waals surface area contributed by atoms with Gasteiger partial charge in [0, 0.05) is 26.3 Å². The van der Waals surface area contributed by atoms with E-state index in [1.165, 1.54) is 19.9 Å². The van der Waals surface area contributed by atoms with E-state index in [2.05, 4.69) is 0 Å². The highest BCUT2D eigenvalue weighted by atomic mass is 16.6. The number of benzene rings is 2. The second-order valence-electron chi connectivity index (χ2n) is 13.0. The molecule has 3 aliphatic rings. The Kier molecular flexibility index (Phi) is 8.67. The maximum absolute atomic E-state index is 13.7. The van der Waals surface area contributed by atoms with E-state index in [4.69, 9.17) is 23.7 Å². The summed E-state index contributed by atoms with van der Waals surface area (Å²) in [6.45, 7) is 7.34. The van der Waals surface area contributed by atoms with Gasteiger partial charge in [0.15, 0.2) is 6.10 Å². The maximum atomic E-state index is 13.7. The molecule has 7 atom stereocenters. The van der Waals surface area contributed by atoms with Crippen molar-refractivity contribution in [3.05, 3.63) is 77.9 Å². The number of hydrogen-bond donors (Lipinski definition) is 1. The van der Waals surface area contributed by atoms with Gasteiger partial charge in [-0.2, -0.15) is 0 Å². The molecule has 1 heterocycles. The van der Waals surface area contributed by atoms with Crippen LogP contribution in [-0.2, 0) is 38.1 Å². The minimum absolute atomic E-state index is 0.154. The third-order valence-electron chi connectivity index (χ3n) is 9.64. The second-order valence-corrected chi connectivity index (χ2v) is 13.0. The summed E-state index contributed by atoms with van der Waals surface area (Å²) in [7, 11) is 0. The van der Waals surface area contributed by atoms with Gasteiger partial charge in [-0.1, -0.05) is 48.5 Å². The van der Waals surface area contributed by atoms with E-state index < -0.39 is 71.0 Å². The second kappa shape index (κ2) is 12.1. The molecular formula is C35H40O10. The lowest BCUT2D eigenvalue weighted by Gasteiger charge is -2.64. The van der Waals surface area contributed by atoms with E-state index in [1.807, 2.05) is 44.2 Å². The van der Waals surface area contributed by atoms with Gasteiger partial charge in [0.2, 0.25) is 0 Å². The summed E-state index contributed by atoms with van der Waals surface area (Å²) in [5.74, 6) is -2.93. The molecule has 3 fully saturated rings. The summed E-state index contributed by atoms with van der Waals surface area (Å²) in [4.78, 5) is 52.0. The van der Waals surface area contributed by atoms with E-state index in [0.717, 1.165) is 5.56 Å². The zero-order chi connectivity index (χ0) is 32.6. The van der Waals surface area contributed by atoms with Gasteiger partial charge in [0.05, 0.1) is 16.8 Å². The predicted molar refractivity (Wildman–Crippen MR) is 161 cm³/mol. The number of ether oxygens (including phenoxy) is 5. The van der Waals surface area contributed by atoms with E-state index in [9.17, 15) is 24.3 Å². The lowest BCUT2D eigenvalue weighted by Crippen LogP contribution is -2.79. The first-order valence-corrected chi connectivity index (χ1v) is 15.1. The van der Waals surface area contributed by atoms with Crippen LogP contribution in [0.4, 0.5) is 0 Å². The molecule has 2 saturated carbocycles. The highest BCUT2D eigenvalue weighted by Crippen LogP contribution is 2.68. The topological polar surface area (TPSA) is 135 Å². The Balaban J connectivity index is 1.68. The molecule has 10 heteroatoms. The van der Waals surface area contributed by atoms with Crippen molar-refractivity contribution in [1.29, 1.82) is 0 Å². The summed E-state index contributed by atoms with van der Waals surface area (Å²) in [6.07, 6.45) is -0.366. The van der Waals surface area contributed by atoms with Crippen LogP contribution in [0.5, 0.6) is 0 Å². The monoisotopic (exact) mass is 620 g/mol. The van der Waals surface area contributed by atoms with Crippen LogP contribution < -0.4 is 0 Å². The Hall–Kier alpha value is -4.02. The Bertz CT molecular complexity index is 1470. The number of carbonyl (C=O) groups excluding carboxylic acids is 4. The molecule has 2 aromatic carbocycles. The molecular weight excluding hydrogens is 580 g/mol. The summed E-state index contributed by atoms with van der Waals surface area (Å²) >= 11 is 0. The van der Waals surface area contributed by atoms with Gasteiger partial charge in [-0.3, -0.25) is 9.59 Å². The number of carbonyl (C=O) groups is 4. The van der Waals surface area contributed by atoms with Gasteiger partial charge >= 0.3 is 23.9 Å². The number of esters is 4. The zero-order valence-corrected chi connectivity index (χ0v) is 26.2. The molecule has 1 N–H and O–H groups in total. The third kappa shape index (κ3) is 5.89. The van der Waals surface area contributed by atoms with Crippen molar-refractivity contribution in [3.8, 4) is 0 Å². The van der Waals surface area contributed by atoms with Gasteiger partial charge in [-0.15, -0.1) is 0 Å². The average molecular weight is 621 g/mol. The van der Waals surface area contributed by atoms with Crippen molar-refractivity contribution in [2.45, 2.75) is 89.0 Å². The van der Waals surface area contributed by atoms with Crippen LogP contribution in [0.3, 0.4) is 0 Å². The van der Waals surface area contributed by atoms with E-state index >= 15 is 0 Å². The van der Waals surface area contributed by atoms with Crippen molar-refractivity contribution in [1.82, 2.24) is 0 Å². The van der Waals surface area contributed by atoms with Crippen LogP contribution in [0.2, 0.25) is 0 Å². The fourth-order valence-corrected chi connectivity index (χ4v) is 7.62. The van der Waals surface area contributed by atoms with Crippen molar-refractivity contribution in [2.75, 3.05) is 6.61 Å². The Morgan fingerprint density at radius 2 is 1.53 bits per heavy atom. The quantitative estimate of drug-likeness (QED) is 0.257. The summed E-state index contributed by atoms with van der Waals surface area (Å²) in [6, 6.07) is 17.5. The Morgan fingerprint density at radius 1 is 0.889 bits per heavy atom. The minimum Gasteiger partial charge on any atom is -0.465 e. The van der Waals surface area contributed by atoms with Crippen LogP contribution in [0.1, 0.15) is 69.8 Å².